The number of alkyl carbamates (subject to hydrolysis) is 1. The van der Waals surface area contributed by atoms with Gasteiger partial charge in [0.25, 0.3) is 5.91 Å². The van der Waals surface area contributed by atoms with Crippen molar-refractivity contribution in [2.24, 2.45) is 4.99 Å². The summed E-state index contributed by atoms with van der Waals surface area (Å²) in [6.45, 7) is 7.19. The lowest BCUT2D eigenvalue weighted by Gasteiger charge is -2.19. The standard InChI is InChI=1S/C21H35N5O4/c1-21(2,3)30-20(28)24-12-8-11-23-19(22-4)25-14-16-9-7-10-17(13-16)29-15-18(27)26(5)6/h7,9-10,13H,8,11-12,14-15H2,1-6H3,(H,24,28)(H2,22,23,25). The van der Waals surface area contributed by atoms with E-state index in [-0.39, 0.29) is 12.5 Å². The van der Waals surface area contributed by atoms with Crippen LogP contribution in [-0.2, 0) is 16.1 Å². The summed E-state index contributed by atoms with van der Waals surface area (Å²) < 4.78 is 10.7. The van der Waals surface area contributed by atoms with Crippen LogP contribution >= 0.6 is 0 Å². The van der Waals surface area contributed by atoms with Crippen LogP contribution in [0.15, 0.2) is 29.3 Å². The van der Waals surface area contributed by atoms with Crippen LogP contribution in [0.4, 0.5) is 4.79 Å². The van der Waals surface area contributed by atoms with Gasteiger partial charge in [-0.2, -0.15) is 0 Å². The number of benzene rings is 1. The zero-order valence-electron chi connectivity index (χ0n) is 18.9. The number of hydrogen-bond acceptors (Lipinski definition) is 5. The van der Waals surface area contributed by atoms with Crippen LogP contribution in [0.2, 0.25) is 0 Å². The van der Waals surface area contributed by atoms with Crippen molar-refractivity contribution in [2.45, 2.75) is 39.3 Å². The molecule has 9 nitrogen and oxygen atoms in total. The molecule has 0 aromatic heterocycles. The van der Waals surface area contributed by atoms with Crippen LogP contribution in [0, 0.1) is 0 Å². The largest absolute Gasteiger partial charge is 0.484 e. The van der Waals surface area contributed by atoms with Crippen LogP contribution in [0.25, 0.3) is 0 Å². The van der Waals surface area contributed by atoms with Gasteiger partial charge in [0.2, 0.25) is 0 Å². The first kappa shape index (κ1) is 25.1. The molecule has 0 radical (unpaired) electrons. The third kappa shape index (κ3) is 11.1. The molecule has 0 unspecified atom stereocenters. The first-order valence-electron chi connectivity index (χ1n) is 9.94. The van der Waals surface area contributed by atoms with Gasteiger partial charge in [0, 0.05) is 40.8 Å². The SMILES string of the molecule is CN=C(NCCCNC(=O)OC(C)(C)C)NCc1cccc(OCC(=O)N(C)C)c1. The fourth-order valence-electron chi connectivity index (χ4n) is 2.23. The quantitative estimate of drug-likeness (QED) is 0.319. The number of hydrogen-bond donors (Lipinski definition) is 3. The number of carbonyl (C=O) groups is 2. The summed E-state index contributed by atoms with van der Waals surface area (Å²) in [5.41, 5.74) is 0.498. The van der Waals surface area contributed by atoms with Crippen LogP contribution in [0.3, 0.4) is 0 Å². The van der Waals surface area contributed by atoms with Gasteiger partial charge < -0.3 is 30.3 Å². The molecule has 0 aliphatic rings. The van der Waals surface area contributed by atoms with Crippen molar-refractivity contribution >= 4 is 18.0 Å². The normalized spacial score (nSPS) is 11.5. The molecule has 0 saturated heterocycles. The first-order valence-corrected chi connectivity index (χ1v) is 9.94. The van der Waals surface area contributed by atoms with E-state index in [1.165, 1.54) is 4.90 Å². The highest BCUT2D eigenvalue weighted by Gasteiger charge is 2.15. The van der Waals surface area contributed by atoms with Gasteiger partial charge in [-0.3, -0.25) is 9.79 Å². The summed E-state index contributed by atoms with van der Waals surface area (Å²) in [4.78, 5) is 28.9. The van der Waals surface area contributed by atoms with Crippen LogP contribution in [0.1, 0.15) is 32.8 Å². The van der Waals surface area contributed by atoms with E-state index in [9.17, 15) is 9.59 Å². The molecule has 9 heteroatoms. The monoisotopic (exact) mass is 421 g/mol. The van der Waals surface area contributed by atoms with Crippen LogP contribution in [-0.4, -0.2) is 69.3 Å². The van der Waals surface area contributed by atoms with E-state index in [0.717, 1.165) is 12.0 Å². The number of likely N-dealkylation sites (N-methyl/N-ethyl adjacent to an activating group) is 1. The molecule has 2 amide bonds. The van der Waals surface area contributed by atoms with Gasteiger partial charge in [0.05, 0.1) is 0 Å². The third-order valence-electron chi connectivity index (χ3n) is 3.76. The predicted octanol–water partition coefficient (Wildman–Crippen LogP) is 1.73. The highest BCUT2D eigenvalue weighted by atomic mass is 16.6. The van der Waals surface area contributed by atoms with E-state index in [2.05, 4.69) is 20.9 Å². The first-order chi connectivity index (χ1) is 14.1. The number of rotatable bonds is 9. The Hall–Kier alpha value is -2.97. The third-order valence-corrected chi connectivity index (χ3v) is 3.76. The summed E-state index contributed by atoms with van der Waals surface area (Å²) in [7, 11) is 5.08. The molecule has 0 spiro atoms. The van der Waals surface area contributed by atoms with Gasteiger partial charge in [-0.1, -0.05) is 12.1 Å². The second kappa shape index (κ2) is 12.6. The number of carbonyl (C=O) groups excluding carboxylic acids is 2. The zero-order chi connectivity index (χ0) is 22.6. The predicted molar refractivity (Wildman–Crippen MR) is 118 cm³/mol. The molecule has 0 bridgehead atoms. The van der Waals surface area contributed by atoms with Crippen molar-refractivity contribution < 1.29 is 19.1 Å². The zero-order valence-corrected chi connectivity index (χ0v) is 18.9. The number of ether oxygens (including phenoxy) is 2. The minimum Gasteiger partial charge on any atom is -0.484 e. The number of nitrogens with zero attached hydrogens (tertiary/aromatic N) is 2. The Morgan fingerprint density at radius 3 is 2.43 bits per heavy atom. The van der Waals surface area contributed by atoms with E-state index in [1.807, 2.05) is 45.0 Å². The number of nitrogens with one attached hydrogen (secondary N) is 3. The Morgan fingerprint density at radius 1 is 1.10 bits per heavy atom. The average Bonchev–Trinajstić information content (AvgIpc) is 2.67. The number of amides is 2. The summed E-state index contributed by atoms with van der Waals surface area (Å²) in [5, 5.41) is 9.14. The van der Waals surface area contributed by atoms with Crippen LogP contribution < -0.4 is 20.7 Å². The lowest BCUT2D eigenvalue weighted by Crippen LogP contribution is -2.39. The minimum absolute atomic E-state index is 0.00440. The van der Waals surface area contributed by atoms with Gasteiger partial charge in [-0.15, -0.1) is 0 Å². The molecule has 0 fully saturated rings. The van der Waals surface area contributed by atoms with Crippen molar-refractivity contribution in [3.63, 3.8) is 0 Å². The molecule has 30 heavy (non-hydrogen) atoms. The molecular formula is C21H35N5O4. The van der Waals surface area contributed by atoms with Gasteiger partial charge in [-0.25, -0.2) is 4.79 Å². The summed E-state index contributed by atoms with van der Waals surface area (Å²) >= 11 is 0. The van der Waals surface area contributed by atoms with Crippen LogP contribution in [0.5, 0.6) is 5.75 Å². The molecule has 1 aromatic carbocycles. The maximum atomic E-state index is 11.6. The molecule has 1 aromatic rings. The summed E-state index contributed by atoms with van der Waals surface area (Å²) in [6, 6.07) is 7.54. The maximum absolute atomic E-state index is 11.6. The second-order valence-corrected chi connectivity index (χ2v) is 7.86. The van der Waals surface area contributed by atoms with Crippen molar-refractivity contribution in [1.82, 2.24) is 20.9 Å². The van der Waals surface area contributed by atoms with E-state index in [1.54, 1.807) is 21.1 Å². The molecule has 0 saturated carbocycles. The topological polar surface area (TPSA) is 104 Å². The van der Waals surface area contributed by atoms with Gasteiger partial charge >= 0.3 is 6.09 Å². The van der Waals surface area contributed by atoms with Gasteiger partial charge in [0.15, 0.2) is 12.6 Å². The van der Waals surface area contributed by atoms with E-state index in [4.69, 9.17) is 9.47 Å². The lowest BCUT2D eigenvalue weighted by molar-refractivity contribution is -0.130. The summed E-state index contributed by atoms with van der Waals surface area (Å²) in [6.07, 6.45) is 0.308. The molecular weight excluding hydrogens is 386 g/mol. The van der Waals surface area contributed by atoms with Crippen molar-refractivity contribution in [3.05, 3.63) is 29.8 Å². The molecule has 168 valence electrons. The molecule has 0 heterocycles. The Bertz CT molecular complexity index is 714. The average molecular weight is 422 g/mol. The smallest absolute Gasteiger partial charge is 0.407 e. The highest BCUT2D eigenvalue weighted by molar-refractivity contribution is 5.79. The molecule has 3 N–H and O–H groups in total. The highest BCUT2D eigenvalue weighted by Crippen LogP contribution is 2.13. The second-order valence-electron chi connectivity index (χ2n) is 7.86. The molecule has 1 rings (SSSR count). The Balaban J connectivity index is 2.33. The van der Waals surface area contributed by atoms with Gasteiger partial charge in [-0.05, 0) is 44.9 Å². The molecule has 0 aliphatic carbocycles. The molecule has 0 aliphatic heterocycles. The van der Waals surface area contributed by atoms with E-state index in [0.29, 0.717) is 31.3 Å². The Kier molecular flexibility index (Phi) is 10.5. The van der Waals surface area contributed by atoms with E-state index >= 15 is 0 Å². The summed E-state index contributed by atoms with van der Waals surface area (Å²) in [5.74, 6) is 1.20. The Morgan fingerprint density at radius 2 is 1.80 bits per heavy atom. The fraction of sp³-hybridized carbons (Fsp3) is 0.571. The number of guanidine groups is 1. The minimum atomic E-state index is -0.501. The number of aliphatic imine (C=N–C) groups is 1. The lowest BCUT2D eigenvalue weighted by atomic mass is 10.2. The van der Waals surface area contributed by atoms with E-state index < -0.39 is 11.7 Å². The fourth-order valence-corrected chi connectivity index (χ4v) is 2.23. The molecule has 0 atom stereocenters. The maximum Gasteiger partial charge on any atom is 0.407 e. The Labute approximate surface area is 179 Å². The van der Waals surface area contributed by atoms with Crippen molar-refractivity contribution in [1.29, 1.82) is 0 Å². The van der Waals surface area contributed by atoms with Gasteiger partial charge in [0.1, 0.15) is 11.4 Å². The van der Waals surface area contributed by atoms with Crippen molar-refractivity contribution in [3.8, 4) is 5.75 Å². The van der Waals surface area contributed by atoms with Crippen molar-refractivity contribution in [2.75, 3.05) is 40.8 Å².